The van der Waals surface area contributed by atoms with Crippen molar-refractivity contribution >= 4 is 11.6 Å². The van der Waals surface area contributed by atoms with E-state index >= 15 is 0 Å². The van der Waals surface area contributed by atoms with Gasteiger partial charge in [0.2, 0.25) is 0 Å². The molecule has 0 saturated carbocycles. The van der Waals surface area contributed by atoms with E-state index in [0.29, 0.717) is 30.9 Å². The van der Waals surface area contributed by atoms with Gasteiger partial charge in [0, 0.05) is 13.1 Å². The number of benzene rings is 1. The van der Waals surface area contributed by atoms with E-state index in [2.05, 4.69) is 5.43 Å². The average molecular weight is 263 g/mol. The van der Waals surface area contributed by atoms with Crippen LogP contribution in [0.1, 0.15) is 29.8 Å². The molecule has 0 spiro atoms. The number of anilines is 1. The molecule has 0 atom stereocenters. The fraction of sp³-hybridized carbons (Fsp3) is 0.500. The number of aryl methyl sites for hydroxylation is 1. The molecule has 1 aliphatic rings. The number of hydrogen-bond acceptors (Lipinski definition) is 4. The highest BCUT2D eigenvalue weighted by Gasteiger charge is 2.31. The van der Waals surface area contributed by atoms with Gasteiger partial charge in [0.25, 0.3) is 5.91 Å². The van der Waals surface area contributed by atoms with Crippen molar-refractivity contribution in [3.05, 3.63) is 29.3 Å². The number of hydrogen-bond donors (Lipinski definition) is 2. The second-order valence-electron chi connectivity index (χ2n) is 5.53. The first kappa shape index (κ1) is 13.8. The van der Waals surface area contributed by atoms with Gasteiger partial charge in [0.15, 0.2) is 0 Å². The molecule has 5 nitrogen and oxygen atoms in total. The zero-order valence-electron chi connectivity index (χ0n) is 11.7. The van der Waals surface area contributed by atoms with Crippen LogP contribution >= 0.6 is 0 Å². The highest BCUT2D eigenvalue weighted by molar-refractivity contribution is 5.99. The summed E-state index contributed by atoms with van der Waals surface area (Å²) < 4.78 is 5.62. The van der Waals surface area contributed by atoms with Crippen molar-refractivity contribution in [2.45, 2.75) is 26.4 Å². The molecule has 1 fully saturated rings. The van der Waals surface area contributed by atoms with Gasteiger partial charge in [-0.3, -0.25) is 10.6 Å². The van der Waals surface area contributed by atoms with Gasteiger partial charge < -0.3 is 15.1 Å². The number of nitrogens with zero attached hydrogens (tertiary/aromatic N) is 1. The SMILES string of the molecule is Cc1ccc(C(=O)N2CCOC(C)(C)C2)c(NN)c1. The average Bonchev–Trinajstić information content (AvgIpc) is 2.36. The number of nitrogens with one attached hydrogen (secondary N) is 1. The van der Waals surface area contributed by atoms with E-state index in [1.807, 2.05) is 43.9 Å². The van der Waals surface area contributed by atoms with Crippen molar-refractivity contribution in [3.63, 3.8) is 0 Å². The molecule has 0 bridgehead atoms. The highest BCUT2D eigenvalue weighted by Crippen LogP contribution is 2.22. The molecule has 1 amide bonds. The number of amides is 1. The summed E-state index contributed by atoms with van der Waals surface area (Å²) in [4.78, 5) is 14.4. The molecule has 5 heteroatoms. The van der Waals surface area contributed by atoms with Crippen LogP contribution in [0.5, 0.6) is 0 Å². The summed E-state index contributed by atoms with van der Waals surface area (Å²) in [7, 11) is 0. The van der Waals surface area contributed by atoms with Crippen LogP contribution in [0, 0.1) is 6.92 Å². The Bertz CT molecular complexity index is 486. The summed E-state index contributed by atoms with van der Waals surface area (Å²) in [6.07, 6.45) is 0. The number of nitrogen functional groups attached to an aromatic ring is 1. The van der Waals surface area contributed by atoms with Crippen LogP contribution in [0.2, 0.25) is 0 Å². The van der Waals surface area contributed by atoms with Crippen LogP contribution < -0.4 is 11.3 Å². The second-order valence-corrected chi connectivity index (χ2v) is 5.53. The third-order valence-corrected chi connectivity index (χ3v) is 3.27. The lowest BCUT2D eigenvalue weighted by molar-refractivity contribution is -0.0763. The van der Waals surface area contributed by atoms with Gasteiger partial charge in [0.1, 0.15) is 0 Å². The molecular weight excluding hydrogens is 242 g/mol. The molecule has 1 aromatic rings. The minimum absolute atomic E-state index is 0.00988. The summed E-state index contributed by atoms with van der Waals surface area (Å²) in [5.41, 5.74) is 4.63. The van der Waals surface area contributed by atoms with E-state index in [4.69, 9.17) is 10.6 Å². The van der Waals surface area contributed by atoms with Crippen LogP contribution in [0.15, 0.2) is 18.2 Å². The molecule has 1 heterocycles. The van der Waals surface area contributed by atoms with Gasteiger partial charge in [-0.15, -0.1) is 0 Å². The molecule has 3 N–H and O–H groups in total. The van der Waals surface area contributed by atoms with Crippen LogP contribution in [0.3, 0.4) is 0 Å². The molecule has 0 radical (unpaired) electrons. The van der Waals surface area contributed by atoms with Crippen molar-refractivity contribution in [3.8, 4) is 0 Å². The number of morpholine rings is 1. The summed E-state index contributed by atoms with van der Waals surface area (Å²) in [6, 6.07) is 5.60. The molecule has 1 aromatic carbocycles. The lowest BCUT2D eigenvalue weighted by Crippen LogP contribution is -2.50. The number of carbonyl (C=O) groups is 1. The van der Waals surface area contributed by atoms with Gasteiger partial charge in [-0.1, -0.05) is 6.07 Å². The monoisotopic (exact) mass is 263 g/mol. The number of carbonyl (C=O) groups excluding carboxylic acids is 1. The zero-order valence-corrected chi connectivity index (χ0v) is 11.7. The van der Waals surface area contributed by atoms with Gasteiger partial charge in [-0.2, -0.15) is 0 Å². The molecule has 1 saturated heterocycles. The van der Waals surface area contributed by atoms with Crippen molar-refractivity contribution in [1.29, 1.82) is 0 Å². The summed E-state index contributed by atoms with van der Waals surface area (Å²) in [6.45, 7) is 7.71. The third-order valence-electron chi connectivity index (χ3n) is 3.27. The fourth-order valence-electron chi connectivity index (χ4n) is 2.32. The quantitative estimate of drug-likeness (QED) is 0.627. The van der Waals surface area contributed by atoms with Crippen molar-refractivity contribution < 1.29 is 9.53 Å². The number of ether oxygens (including phenoxy) is 1. The van der Waals surface area contributed by atoms with E-state index in [1.54, 1.807) is 0 Å². The van der Waals surface area contributed by atoms with Crippen LogP contribution in [0.25, 0.3) is 0 Å². The predicted molar refractivity (Wildman–Crippen MR) is 74.9 cm³/mol. The summed E-state index contributed by atoms with van der Waals surface area (Å²) in [5, 5.41) is 0. The molecule has 1 aliphatic heterocycles. The van der Waals surface area contributed by atoms with Crippen molar-refractivity contribution in [2.75, 3.05) is 25.1 Å². The van der Waals surface area contributed by atoms with Gasteiger partial charge in [-0.25, -0.2) is 0 Å². The maximum Gasteiger partial charge on any atom is 0.256 e. The van der Waals surface area contributed by atoms with Gasteiger partial charge >= 0.3 is 0 Å². The smallest absolute Gasteiger partial charge is 0.256 e. The Morgan fingerprint density at radius 1 is 1.47 bits per heavy atom. The van der Waals surface area contributed by atoms with E-state index in [9.17, 15) is 4.79 Å². The third kappa shape index (κ3) is 3.05. The predicted octanol–water partition coefficient (Wildman–Crippen LogP) is 1.53. The topological polar surface area (TPSA) is 67.6 Å². The molecule has 0 aromatic heterocycles. The van der Waals surface area contributed by atoms with E-state index in [0.717, 1.165) is 5.56 Å². The molecule has 19 heavy (non-hydrogen) atoms. The Balaban J connectivity index is 2.24. The second kappa shape index (κ2) is 5.19. The lowest BCUT2D eigenvalue weighted by atomic mass is 10.0. The lowest BCUT2D eigenvalue weighted by Gasteiger charge is -2.38. The van der Waals surface area contributed by atoms with Crippen LogP contribution in [0.4, 0.5) is 5.69 Å². The Kier molecular flexibility index (Phi) is 3.78. The summed E-state index contributed by atoms with van der Waals surface area (Å²) >= 11 is 0. The molecule has 104 valence electrons. The molecule has 2 rings (SSSR count). The first-order valence-corrected chi connectivity index (χ1v) is 6.43. The number of rotatable bonds is 2. The number of nitrogens with two attached hydrogens (primary N) is 1. The van der Waals surface area contributed by atoms with Crippen LogP contribution in [-0.2, 0) is 4.74 Å². The fourth-order valence-corrected chi connectivity index (χ4v) is 2.32. The minimum atomic E-state index is -0.297. The normalized spacial score (nSPS) is 18.2. The highest BCUT2D eigenvalue weighted by atomic mass is 16.5. The van der Waals surface area contributed by atoms with Gasteiger partial charge in [-0.05, 0) is 38.5 Å². The van der Waals surface area contributed by atoms with Crippen molar-refractivity contribution in [2.24, 2.45) is 5.84 Å². The Morgan fingerprint density at radius 2 is 2.21 bits per heavy atom. The van der Waals surface area contributed by atoms with Crippen molar-refractivity contribution in [1.82, 2.24) is 4.90 Å². The number of hydrazine groups is 1. The largest absolute Gasteiger partial charge is 0.372 e. The Hall–Kier alpha value is -1.59. The van der Waals surface area contributed by atoms with E-state index in [1.165, 1.54) is 0 Å². The minimum Gasteiger partial charge on any atom is -0.372 e. The van der Waals surface area contributed by atoms with Crippen LogP contribution in [-0.4, -0.2) is 36.1 Å². The van der Waals surface area contributed by atoms with Gasteiger partial charge in [0.05, 0.1) is 23.5 Å². The summed E-state index contributed by atoms with van der Waals surface area (Å²) in [5.74, 6) is 5.48. The Morgan fingerprint density at radius 3 is 2.84 bits per heavy atom. The van der Waals surface area contributed by atoms with E-state index in [-0.39, 0.29) is 11.5 Å². The molecule has 0 aliphatic carbocycles. The van der Waals surface area contributed by atoms with E-state index < -0.39 is 0 Å². The maximum atomic E-state index is 12.6. The molecular formula is C14H21N3O2. The maximum absolute atomic E-state index is 12.6. The zero-order chi connectivity index (χ0) is 14.0. The first-order chi connectivity index (χ1) is 8.93. The first-order valence-electron chi connectivity index (χ1n) is 6.43. The Labute approximate surface area is 113 Å². The molecule has 0 unspecified atom stereocenters. The standard InChI is InChI=1S/C14H21N3O2/c1-10-4-5-11(12(8-10)16-15)13(18)17-6-7-19-14(2,3)9-17/h4-5,8,16H,6-7,9,15H2,1-3H3.